The average molecular weight is 370 g/mol. The van der Waals surface area contributed by atoms with Gasteiger partial charge in [0.1, 0.15) is 11.2 Å². The molecule has 3 aromatic carbocycles. The molecule has 0 radical (unpaired) electrons. The van der Waals surface area contributed by atoms with Crippen molar-refractivity contribution in [3.63, 3.8) is 0 Å². The van der Waals surface area contributed by atoms with Gasteiger partial charge in [0, 0.05) is 16.3 Å². The fraction of sp³-hybridized carbons (Fsp3) is 0.200. The van der Waals surface area contributed by atoms with E-state index in [4.69, 9.17) is 14.4 Å². The second-order valence-corrected chi connectivity index (χ2v) is 5.93. The van der Waals surface area contributed by atoms with Crippen LogP contribution in [0.3, 0.4) is 0 Å². The summed E-state index contributed by atoms with van der Waals surface area (Å²) in [6.07, 6.45) is 0. The lowest BCUT2D eigenvalue weighted by molar-refractivity contribution is 0.669. The number of aromatic nitrogens is 2. The summed E-state index contributed by atoms with van der Waals surface area (Å²) in [6, 6.07) is 22.2. The van der Waals surface area contributed by atoms with Crippen LogP contribution >= 0.6 is 0 Å². The molecule has 2 heterocycles. The van der Waals surface area contributed by atoms with Crippen LogP contribution in [-0.2, 0) is 0 Å². The van der Waals surface area contributed by atoms with E-state index in [-0.39, 0.29) is 0 Å². The number of aryl methyl sites for hydroxylation is 1. The number of rotatable bonds is 1. The SMILES string of the molecule is CC.CC.Cc1nc2ccccc2nc1-c1cccc2c1oc1ccccc12. The molecule has 0 fully saturated rings. The molecule has 0 aliphatic rings. The van der Waals surface area contributed by atoms with Crippen LogP contribution in [0, 0.1) is 6.92 Å². The van der Waals surface area contributed by atoms with E-state index in [9.17, 15) is 0 Å². The Hall–Kier alpha value is -3.20. The number of para-hydroxylation sites is 4. The maximum atomic E-state index is 6.14. The normalized spacial score (nSPS) is 10.3. The van der Waals surface area contributed by atoms with Crippen molar-refractivity contribution in [1.29, 1.82) is 0 Å². The summed E-state index contributed by atoms with van der Waals surface area (Å²) >= 11 is 0. The molecule has 0 amide bonds. The van der Waals surface area contributed by atoms with Crippen LogP contribution in [0.5, 0.6) is 0 Å². The molecule has 0 aliphatic carbocycles. The topological polar surface area (TPSA) is 38.9 Å². The van der Waals surface area contributed by atoms with Crippen molar-refractivity contribution in [1.82, 2.24) is 9.97 Å². The lowest BCUT2D eigenvalue weighted by Crippen LogP contribution is -1.94. The molecule has 0 atom stereocenters. The molecule has 3 heteroatoms. The third-order valence-corrected chi connectivity index (χ3v) is 4.40. The van der Waals surface area contributed by atoms with Crippen molar-refractivity contribution in [2.75, 3.05) is 0 Å². The maximum Gasteiger partial charge on any atom is 0.144 e. The van der Waals surface area contributed by atoms with Crippen LogP contribution in [0.2, 0.25) is 0 Å². The van der Waals surface area contributed by atoms with E-state index in [0.29, 0.717) is 0 Å². The van der Waals surface area contributed by atoms with Crippen molar-refractivity contribution < 1.29 is 4.42 Å². The third kappa shape index (κ3) is 3.36. The van der Waals surface area contributed by atoms with Gasteiger partial charge in [0.25, 0.3) is 0 Å². The van der Waals surface area contributed by atoms with E-state index in [0.717, 1.165) is 49.9 Å². The van der Waals surface area contributed by atoms with Gasteiger partial charge in [0.05, 0.1) is 22.4 Å². The summed E-state index contributed by atoms with van der Waals surface area (Å²) in [5, 5.41) is 2.23. The highest BCUT2D eigenvalue weighted by Crippen LogP contribution is 2.36. The molecular weight excluding hydrogens is 344 g/mol. The Morgan fingerprint density at radius 3 is 2.00 bits per heavy atom. The molecule has 28 heavy (non-hydrogen) atoms. The number of nitrogens with zero attached hydrogens (tertiary/aromatic N) is 2. The van der Waals surface area contributed by atoms with Crippen molar-refractivity contribution >= 4 is 33.0 Å². The quantitative estimate of drug-likeness (QED) is 0.305. The smallest absolute Gasteiger partial charge is 0.144 e. The molecule has 3 nitrogen and oxygen atoms in total. The Bertz CT molecular complexity index is 1220. The summed E-state index contributed by atoms with van der Waals surface area (Å²) in [6.45, 7) is 10.00. The summed E-state index contributed by atoms with van der Waals surface area (Å²) in [7, 11) is 0. The van der Waals surface area contributed by atoms with Crippen LogP contribution in [0.4, 0.5) is 0 Å². The van der Waals surface area contributed by atoms with E-state index in [1.807, 2.05) is 77.1 Å². The molecule has 5 aromatic rings. The number of benzene rings is 3. The van der Waals surface area contributed by atoms with Gasteiger partial charge in [0.2, 0.25) is 0 Å². The Morgan fingerprint density at radius 1 is 0.643 bits per heavy atom. The largest absolute Gasteiger partial charge is 0.455 e. The lowest BCUT2D eigenvalue weighted by Gasteiger charge is -2.07. The van der Waals surface area contributed by atoms with Gasteiger partial charge in [0.15, 0.2) is 0 Å². The van der Waals surface area contributed by atoms with Crippen molar-refractivity contribution in [3.05, 3.63) is 72.4 Å². The highest BCUT2D eigenvalue weighted by Gasteiger charge is 2.15. The van der Waals surface area contributed by atoms with Crippen LogP contribution < -0.4 is 0 Å². The number of hydrogen-bond acceptors (Lipinski definition) is 3. The summed E-state index contributed by atoms with van der Waals surface area (Å²) < 4.78 is 6.14. The Balaban J connectivity index is 0.000000531. The van der Waals surface area contributed by atoms with Gasteiger partial charge in [-0.2, -0.15) is 0 Å². The van der Waals surface area contributed by atoms with Gasteiger partial charge in [-0.15, -0.1) is 0 Å². The molecule has 142 valence electrons. The number of furan rings is 1. The minimum Gasteiger partial charge on any atom is -0.455 e. The molecule has 0 aliphatic heterocycles. The van der Waals surface area contributed by atoms with E-state index >= 15 is 0 Å². The fourth-order valence-corrected chi connectivity index (χ4v) is 3.28. The third-order valence-electron chi connectivity index (χ3n) is 4.40. The fourth-order valence-electron chi connectivity index (χ4n) is 3.28. The first kappa shape index (κ1) is 19.6. The van der Waals surface area contributed by atoms with E-state index in [2.05, 4.69) is 24.3 Å². The summed E-state index contributed by atoms with van der Waals surface area (Å²) in [5.74, 6) is 0. The Kier molecular flexibility index (Phi) is 6.05. The summed E-state index contributed by atoms with van der Waals surface area (Å²) in [4.78, 5) is 9.55. The molecule has 0 saturated heterocycles. The van der Waals surface area contributed by atoms with E-state index in [1.54, 1.807) is 0 Å². The first-order valence-corrected chi connectivity index (χ1v) is 9.95. The van der Waals surface area contributed by atoms with E-state index < -0.39 is 0 Å². The van der Waals surface area contributed by atoms with Crippen molar-refractivity contribution in [2.24, 2.45) is 0 Å². The Morgan fingerprint density at radius 2 is 1.25 bits per heavy atom. The van der Waals surface area contributed by atoms with Gasteiger partial charge >= 0.3 is 0 Å². The van der Waals surface area contributed by atoms with Crippen LogP contribution in [0.25, 0.3) is 44.2 Å². The van der Waals surface area contributed by atoms with Crippen LogP contribution in [0.15, 0.2) is 71.1 Å². The molecule has 2 aromatic heterocycles. The molecule has 0 bridgehead atoms. The zero-order valence-electron chi connectivity index (χ0n) is 17.2. The number of fused-ring (bicyclic) bond motifs is 4. The second-order valence-electron chi connectivity index (χ2n) is 5.93. The minimum atomic E-state index is 0.867. The zero-order chi connectivity index (χ0) is 20.1. The average Bonchev–Trinajstić information content (AvgIpc) is 3.15. The first-order chi connectivity index (χ1) is 13.8. The molecule has 0 N–H and O–H groups in total. The minimum absolute atomic E-state index is 0.867. The first-order valence-electron chi connectivity index (χ1n) is 9.95. The monoisotopic (exact) mass is 370 g/mol. The molecule has 5 rings (SSSR count). The van der Waals surface area contributed by atoms with Crippen LogP contribution in [-0.4, -0.2) is 9.97 Å². The molecule has 0 spiro atoms. The van der Waals surface area contributed by atoms with Gasteiger partial charge in [-0.1, -0.05) is 70.2 Å². The van der Waals surface area contributed by atoms with Crippen LogP contribution in [0.1, 0.15) is 33.4 Å². The maximum absolute atomic E-state index is 6.14. The predicted molar refractivity (Wildman–Crippen MR) is 120 cm³/mol. The van der Waals surface area contributed by atoms with Gasteiger partial charge in [-0.3, -0.25) is 0 Å². The van der Waals surface area contributed by atoms with Gasteiger partial charge < -0.3 is 4.42 Å². The standard InChI is InChI=1S/C21H14N2O.2C2H6/c1-13-20(23-18-11-4-3-10-17(18)22-13)16-9-6-8-15-14-7-2-5-12-19(14)24-21(15)16;2*1-2/h2-12H,1H3;2*1-2H3. The Labute approximate surface area is 166 Å². The zero-order valence-corrected chi connectivity index (χ0v) is 17.2. The summed E-state index contributed by atoms with van der Waals surface area (Å²) in [5.41, 5.74) is 6.33. The van der Waals surface area contributed by atoms with E-state index in [1.165, 1.54) is 0 Å². The van der Waals surface area contributed by atoms with Gasteiger partial charge in [-0.05, 0) is 31.2 Å². The van der Waals surface area contributed by atoms with Gasteiger partial charge in [-0.25, -0.2) is 9.97 Å². The number of hydrogen-bond donors (Lipinski definition) is 0. The van der Waals surface area contributed by atoms with Crippen molar-refractivity contribution in [3.8, 4) is 11.3 Å². The highest BCUT2D eigenvalue weighted by molar-refractivity contribution is 6.09. The molecule has 0 unspecified atom stereocenters. The molecule has 0 saturated carbocycles. The predicted octanol–water partition coefficient (Wildman–Crippen LogP) is 7.56. The molecular formula is C25H26N2O. The second kappa shape index (κ2) is 8.66. The lowest BCUT2D eigenvalue weighted by atomic mass is 10.1. The highest BCUT2D eigenvalue weighted by atomic mass is 16.3. The van der Waals surface area contributed by atoms with Crippen molar-refractivity contribution in [2.45, 2.75) is 34.6 Å².